The van der Waals surface area contributed by atoms with Crippen molar-refractivity contribution in [1.82, 2.24) is 4.98 Å². The van der Waals surface area contributed by atoms with Gasteiger partial charge in [0.1, 0.15) is 5.01 Å². The molecule has 0 radical (unpaired) electrons. The van der Waals surface area contributed by atoms with Crippen LogP contribution in [-0.2, 0) is 6.42 Å². The van der Waals surface area contributed by atoms with Gasteiger partial charge in [0.05, 0.1) is 5.69 Å². The van der Waals surface area contributed by atoms with E-state index in [1.807, 2.05) is 6.92 Å². The highest BCUT2D eigenvalue weighted by atomic mass is 32.1. The smallest absolute Gasteiger partial charge is 0.123 e. The number of aromatic nitrogens is 1. The minimum Gasteiger partial charge on any atom is -0.328 e. The molecule has 1 aromatic carbocycles. The van der Waals surface area contributed by atoms with Crippen molar-refractivity contribution in [2.75, 3.05) is 0 Å². The maximum absolute atomic E-state index is 5.84. The average Bonchev–Trinajstić information content (AvgIpc) is 2.60. The van der Waals surface area contributed by atoms with Crippen LogP contribution in [0.3, 0.4) is 0 Å². The first-order valence-corrected chi connectivity index (χ1v) is 6.67. The molecular weight excluding hydrogens is 228 g/mol. The van der Waals surface area contributed by atoms with Gasteiger partial charge in [-0.3, -0.25) is 0 Å². The number of hydrogen-bond acceptors (Lipinski definition) is 3. The van der Waals surface area contributed by atoms with Gasteiger partial charge in [-0.15, -0.1) is 11.3 Å². The van der Waals surface area contributed by atoms with Gasteiger partial charge in [-0.05, 0) is 27.2 Å². The zero-order valence-electron chi connectivity index (χ0n) is 10.5. The molecule has 2 N–H and O–H groups in total. The number of hydrogen-bond donors (Lipinski definition) is 1. The maximum atomic E-state index is 5.84. The van der Waals surface area contributed by atoms with Crippen LogP contribution >= 0.6 is 11.3 Å². The van der Waals surface area contributed by atoms with E-state index in [1.165, 1.54) is 16.0 Å². The molecule has 0 fully saturated rings. The molecule has 0 amide bonds. The van der Waals surface area contributed by atoms with Crippen molar-refractivity contribution in [3.8, 4) is 10.6 Å². The van der Waals surface area contributed by atoms with Gasteiger partial charge < -0.3 is 5.73 Å². The standard InChI is InChI=1S/C14H18N2S/c1-9-4-6-12(7-5-9)14-16-11(3)13(17-14)8-10(2)15/h4-7,10H,8,15H2,1-3H3. The van der Waals surface area contributed by atoms with Crippen LogP contribution in [0.1, 0.15) is 23.1 Å². The summed E-state index contributed by atoms with van der Waals surface area (Å²) in [6.07, 6.45) is 0.912. The molecule has 2 rings (SSSR count). The highest BCUT2D eigenvalue weighted by Gasteiger charge is 2.10. The fraction of sp³-hybridized carbons (Fsp3) is 0.357. The topological polar surface area (TPSA) is 38.9 Å². The zero-order valence-corrected chi connectivity index (χ0v) is 11.3. The molecule has 1 aromatic heterocycles. The number of nitrogens with two attached hydrogens (primary N) is 1. The van der Waals surface area contributed by atoms with E-state index in [-0.39, 0.29) is 6.04 Å². The largest absolute Gasteiger partial charge is 0.328 e. The second-order valence-corrected chi connectivity index (χ2v) is 5.66. The van der Waals surface area contributed by atoms with Gasteiger partial charge in [0.15, 0.2) is 0 Å². The number of aryl methyl sites for hydroxylation is 2. The summed E-state index contributed by atoms with van der Waals surface area (Å²) in [5, 5.41) is 1.10. The fourth-order valence-corrected chi connectivity index (χ4v) is 2.94. The first-order valence-electron chi connectivity index (χ1n) is 5.85. The van der Waals surface area contributed by atoms with Crippen molar-refractivity contribution in [2.45, 2.75) is 33.2 Å². The molecule has 0 aliphatic carbocycles. The van der Waals surface area contributed by atoms with Crippen LogP contribution in [0.5, 0.6) is 0 Å². The summed E-state index contributed by atoms with van der Waals surface area (Å²) >= 11 is 1.76. The Morgan fingerprint density at radius 3 is 2.47 bits per heavy atom. The molecule has 0 saturated carbocycles. The second kappa shape index (κ2) is 4.98. The quantitative estimate of drug-likeness (QED) is 0.902. The number of nitrogens with zero attached hydrogens (tertiary/aromatic N) is 1. The number of thiazole rings is 1. The highest BCUT2D eigenvalue weighted by Crippen LogP contribution is 2.28. The molecule has 0 aliphatic rings. The van der Waals surface area contributed by atoms with Crippen LogP contribution in [0.4, 0.5) is 0 Å². The monoisotopic (exact) mass is 246 g/mol. The van der Waals surface area contributed by atoms with Crippen LogP contribution < -0.4 is 5.73 Å². The summed E-state index contributed by atoms with van der Waals surface area (Å²) in [5.41, 5.74) is 9.42. The SMILES string of the molecule is Cc1ccc(-c2nc(C)c(CC(C)N)s2)cc1. The minimum absolute atomic E-state index is 0.194. The lowest BCUT2D eigenvalue weighted by Crippen LogP contribution is -2.17. The summed E-state index contributed by atoms with van der Waals surface area (Å²) in [5.74, 6) is 0. The summed E-state index contributed by atoms with van der Waals surface area (Å²) in [7, 11) is 0. The Kier molecular flexibility index (Phi) is 3.60. The normalized spacial score (nSPS) is 12.7. The Morgan fingerprint density at radius 2 is 1.88 bits per heavy atom. The first kappa shape index (κ1) is 12.3. The Labute approximate surface area is 107 Å². The van der Waals surface area contributed by atoms with E-state index in [4.69, 9.17) is 5.73 Å². The lowest BCUT2D eigenvalue weighted by Gasteiger charge is -2.01. The van der Waals surface area contributed by atoms with Crippen molar-refractivity contribution >= 4 is 11.3 Å². The third-order valence-electron chi connectivity index (χ3n) is 2.70. The summed E-state index contributed by atoms with van der Waals surface area (Å²) < 4.78 is 0. The molecule has 0 aliphatic heterocycles. The molecule has 0 saturated heterocycles. The summed E-state index contributed by atoms with van der Waals surface area (Å²) in [6, 6.07) is 8.70. The van der Waals surface area contributed by atoms with Gasteiger partial charge in [0.25, 0.3) is 0 Å². The molecule has 1 atom stereocenters. The molecular formula is C14H18N2S. The van der Waals surface area contributed by atoms with Crippen LogP contribution in [-0.4, -0.2) is 11.0 Å². The zero-order chi connectivity index (χ0) is 12.4. The molecule has 0 bridgehead atoms. The van der Waals surface area contributed by atoms with E-state index in [1.54, 1.807) is 11.3 Å². The van der Waals surface area contributed by atoms with Crippen molar-refractivity contribution in [3.05, 3.63) is 40.4 Å². The minimum atomic E-state index is 0.194. The molecule has 17 heavy (non-hydrogen) atoms. The second-order valence-electron chi connectivity index (χ2n) is 4.58. The number of benzene rings is 1. The van der Waals surface area contributed by atoms with E-state index in [0.29, 0.717) is 0 Å². The predicted molar refractivity (Wildman–Crippen MR) is 74.4 cm³/mol. The molecule has 2 nitrogen and oxygen atoms in total. The van der Waals surface area contributed by atoms with E-state index < -0.39 is 0 Å². The molecule has 2 aromatic rings. The van der Waals surface area contributed by atoms with E-state index >= 15 is 0 Å². The predicted octanol–water partition coefficient (Wildman–Crippen LogP) is 3.32. The van der Waals surface area contributed by atoms with E-state index in [9.17, 15) is 0 Å². The molecule has 1 unspecified atom stereocenters. The summed E-state index contributed by atoms with van der Waals surface area (Å²) in [4.78, 5) is 5.93. The Hall–Kier alpha value is -1.19. The average molecular weight is 246 g/mol. The van der Waals surface area contributed by atoms with Crippen molar-refractivity contribution in [2.24, 2.45) is 5.73 Å². The van der Waals surface area contributed by atoms with E-state index in [2.05, 4.69) is 43.1 Å². The van der Waals surface area contributed by atoms with Crippen LogP contribution in [0, 0.1) is 13.8 Å². The van der Waals surface area contributed by atoms with Gasteiger partial charge in [-0.1, -0.05) is 29.8 Å². The Morgan fingerprint density at radius 1 is 1.24 bits per heavy atom. The van der Waals surface area contributed by atoms with Gasteiger partial charge in [0, 0.05) is 16.5 Å². The number of rotatable bonds is 3. The van der Waals surface area contributed by atoms with E-state index in [0.717, 1.165) is 17.1 Å². The molecule has 1 heterocycles. The van der Waals surface area contributed by atoms with Crippen LogP contribution in [0.25, 0.3) is 10.6 Å². The lowest BCUT2D eigenvalue weighted by atomic mass is 10.1. The van der Waals surface area contributed by atoms with Crippen LogP contribution in [0.15, 0.2) is 24.3 Å². The van der Waals surface area contributed by atoms with Gasteiger partial charge in [-0.25, -0.2) is 4.98 Å². The molecule has 0 spiro atoms. The fourth-order valence-electron chi connectivity index (χ4n) is 1.73. The Bertz CT molecular complexity index is 497. The first-order chi connectivity index (χ1) is 8.06. The van der Waals surface area contributed by atoms with Crippen LogP contribution in [0.2, 0.25) is 0 Å². The van der Waals surface area contributed by atoms with Gasteiger partial charge >= 0.3 is 0 Å². The third kappa shape index (κ3) is 2.93. The van der Waals surface area contributed by atoms with Gasteiger partial charge in [-0.2, -0.15) is 0 Å². The van der Waals surface area contributed by atoms with Crippen molar-refractivity contribution < 1.29 is 0 Å². The van der Waals surface area contributed by atoms with Crippen molar-refractivity contribution in [3.63, 3.8) is 0 Å². The summed E-state index contributed by atoms with van der Waals surface area (Å²) in [6.45, 7) is 6.19. The maximum Gasteiger partial charge on any atom is 0.123 e. The lowest BCUT2D eigenvalue weighted by molar-refractivity contribution is 0.742. The third-order valence-corrected chi connectivity index (χ3v) is 3.93. The Balaban J connectivity index is 2.31. The van der Waals surface area contributed by atoms with Gasteiger partial charge in [0.2, 0.25) is 0 Å². The molecule has 3 heteroatoms. The van der Waals surface area contributed by atoms with Crippen molar-refractivity contribution in [1.29, 1.82) is 0 Å². The highest BCUT2D eigenvalue weighted by molar-refractivity contribution is 7.15. The molecule has 90 valence electrons.